The first-order chi connectivity index (χ1) is 9.33. The Morgan fingerprint density at radius 2 is 2.21 bits per heavy atom. The van der Waals surface area contributed by atoms with Gasteiger partial charge >= 0.3 is 0 Å². The van der Waals surface area contributed by atoms with E-state index in [9.17, 15) is 4.79 Å². The van der Waals surface area contributed by atoms with Crippen LogP contribution in [0.5, 0.6) is 0 Å². The summed E-state index contributed by atoms with van der Waals surface area (Å²) in [7, 11) is 0. The maximum Gasteiger partial charge on any atom is 0.243 e. The third kappa shape index (κ3) is 2.87. The number of nitrogens with one attached hydrogen (secondary N) is 1. The van der Waals surface area contributed by atoms with E-state index in [1.54, 1.807) is 0 Å². The summed E-state index contributed by atoms with van der Waals surface area (Å²) in [6.45, 7) is 3.59. The van der Waals surface area contributed by atoms with Gasteiger partial charge < -0.3 is 9.47 Å². The second kappa shape index (κ2) is 5.57. The van der Waals surface area contributed by atoms with Crippen molar-refractivity contribution in [3.8, 4) is 0 Å². The maximum absolute atomic E-state index is 12.2. The second-order valence-corrected chi connectivity index (χ2v) is 5.34. The van der Waals surface area contributed by atoms with E-state index in [4.69, 9.17) is 0 Å². The molecule has 0 aliphatic carbocycles. The van der Waals surface area contributed by atoms with E-state index in [0.29, 0.717) is 5.92 Å². The molecular weight excluding hydrogens is 240 g/mol. The Bertz CT molecular complexity index is 446. The van der Waals surface area contributed by atoms with Crippen molar-refractivity contribution in [2.75, 3.05) is 19.6 Å². The molecule has 1 N–H and O–H groups in total. The minimum absolute atomic E-state index is 0.0924. The van der Waals surface area contributed by atoms with Crippen LogP contribution in [0.1, 0.15) is 12.8 Å². The van der Waals surface area contributed by atoms with Gasteiger partial charge in [-0.2, -0.15) is 0 Å². The van der Waals surface area contributed by atoms with Crippen molar-refractivity contribution in [3.63, 3.8) is 0 Å². The normalized spacial score (nSPS) is 24.0. The summed E-state index contributed by atoms with van der Waals surface area (Å²) >= 11 is 0. The van der Waals surface area contributed by atoms with Crippen LogP contribution in [-0.2, 0) is 11.3 Å². The number of piperidine rings is 1. The number of rotatable bonds is 3. The fraction of sp³-hybridized carbons (Fsp3) is 0.571. The van der Waals surface area contributed by atoms with Crippen molar-refractivity contribution < 1.29 is 4.79 Å². The number of amides is 1. The molecule has 19 heavy (non-hydrogen) atoms. The Kier molecular flexibility index (Phi) is 3.64. The van der Waals surface area contributed by atoms with Crippen LogP contribution >= 0.6 is 0 Å². The Balaban J connectivity index is 1.49. The van der Waals surface area contributed by atoms with Gasteiger partial charge in [-0.1, -0.05) is 12.2 Å². The van der Waals surface area contributed by atoms with Gasteiger partial charge in [-0.25, -0.2) is 4.98 Å². The predicted molar refractivity (Wildman–Crippen MR) is 72.5 cm³/mol. The van der Waals surface area contributed by atoms with Gasteiger partial charge in [-0.15, -0.1) is 0 Å². The summed E-state index contributed by atoms with van der Waals surface area (Å²) in [5, 5.41) is 3.19. The highest BCUT2D eigenvalue weighted by molar-refractivity contribution is 5.84. The number of hydrogen-bond acceptors (Lipinski definition) is 3. The number of imidazole rings is 1. The van der Waals surface area contributed by atoms with Gasteiger partial charge in [0.1, 0.15) is 6.04 Å². The Morgan fingerprint density at radius 3 is 2.84 bits per heavy atom. The monoisotopic (exact) mass is 260 g/mol. The van der Waals surface area contributed by atoms with Crippen LogP contribution < -0.4 is 5.32 Å². The molecule has 0 radical (unpaired) electrons. The first-order valence-electron chi connectivity index (χ1n) is 6.97. The summed E-state index contributed by atoms with van der Waals surface area (Å²) in [5.41, 5.74) is 0. The van der Waals surface area contributed by atoms with Crippen LogP contribution in [0.3, 0.4) is 0 Å². The lowest BCUT2D eigenvalue weighted by Crippen LogP contribution is -2.47. The van der Waals surface area contributed by atoms with Crippen molar-refractivity contribution in [1.82, 2.24) is 19.8 Å². The molecular formula is C14H20N4O. The van der Waals surface area contributed by atoms with Gasteiger partial charge in [0, 0.05) is 38.6 Å². The topological polar surface area (TPSA) is 50.2 Å². The first-order valence-corrected chi connectivity index (χ1v) is 6.97. The van der Waals surface area contributed by atoms with Gasteiger partial charge in [0.15, 0.2) is 0 Å². The molecule has 3 rings (SSSR count). The predicted octanol–water partition coefficient (Wildman–Crippen LogP) is 0.650. The molecule has 0 saturated carbocycles. The molecule has 102 valence electrons. The van der Waals surface area contributed by atoms with Crippen molar-refractivity contribution in [2.45, 2.75) is 25.4 Å². The van der Waals surface area contributed by atoms with Crippen LogP contribution in [0.4, 0.5) is 0 Å². The molecule has 0 bridgehead atoms. The van der Waals surface area contributed by atoms with Gasteiger partial charge in [-0.3, -0.25) is 10.1 Å². The average molecular weight is 260 g/mol. The van der Waals surface area contributed by atoms with Gasteiger partial charge in [0.2, 0.25) is 5.91 Å². The van der Waals surface area contributed by atoms with Crippen molar-refractivity contribution >= 4 is 5.91 Å². The molecule has 0 aromatic carbocycles. The molecule has 2 aliphatic rings. The molecule has 0 spiro atoms. The number of aromatic nitrogens is 2. The summed E-state index contributed by atoms with van der Waals surface area (Å²) < 4.78 is 2.13. The number of likely N-dealkylation sites (tertiary alicyclic amines) is 1. The highest BCUT2D eigenvalue weighted by Crippen LogP contribution is 2.20. The van der Waals surface area contributed by atoms with Crippen molar-refractivity contribution in [1.29, 1.82) is 0 Å². The highest BCUT2D eigenvalue weighted by Gasteiger charge is 2.27. The van der Waals surface area contributed by atoms with E-state index in [2.05, 4.69) is 14.9 Å². The molecule has 1 aromatic heterocycles. The summed E-state index contributed by atoms with van der Waals surface area (Å²) in [5.74, 6) is 0.889. The molecule has 5 heteroatoms. The minimum atomic E-state index is -0.0924. The number of nitrogens with zero attached hydrogens (tertiary/aromatic N) is 3. The molecule has 1 saturated heterocycles. The number of hydrogen-bond donors (Lipinski definition) is 1. The quantitative estimate of drug-likeness (QED) is 0.812. The van der Waals surface area contributed by atoms with Crippen molar-refractivity contribution in [3.05, 3.63) is 30.9 Å². The lowest BCUT2D eigenvalue weighted by Gasteiger charge is -2.33. The smallest absolute Gasteiger partial charge is 0.243 e. The van der Waals surface area contributed by atoms with Crippen LogP contribution in [-0.4, -0.2) is 46.0 Å². The van der Waals surface area contributed by atoms with Crippen LogP contribution in [0.25, 0.3) is 0 Å². The zero-order valence-corrected chi connectivity index (χ0v) is 11.0. The molecule has 0 unspecified atom stereocenters. The van der Waals surface area contributed by atoms with E-state index < -0.39 is 0 Å². The second-order valence-electron chi connectivity index (χ2n) is 5.34. The molecule has 5 nitrogen and oxygen atoms in total. The zero-order valence-electron chi connectivity index (χ0n) is 11.0. The Morgan fingerprint density at radius 1 is 1.37 bits per heavy atom. The van der Waals surface area contributed by atoms with Gasteiger partial charge in [0.05, 0.1) is 6.33 Å². The molecule has 1 fully saturated rings. The lowest BCUT2D eigenvalue weighted by molar-refractivity contribution is -0.133. The van der Waals surface area contributed by atoms with E-state index >= 15 is 0 Å². The highest BCUT2D eigenvalue weighted by atomic mass is 16.2. The molecule has 2 aliphatic heterocycles. The fourth-order valence-corrected chi connectivity index (χ4v) is 2.86. The van der Waals surface area contributed by atoms with E-state index in [1.165, 1.54) is 0 Å². The molecule has 1 amide bonds. The van der Waals surface area contributed by atoms with E-state index in [0.717, 1.165) is 39.0 Å². The maximum atomic E-state index is 12.2. The van der Waals surface area contributed by atoms with Gasteiger partial charge in [0.25, 0.3) is 0 Å². The zero-order chi connectivity index (χ0) is 13.1. The fourth-order valence-electron chi connectivity index (χ4n) is 2.86. The largest absolute Gasteiger partial charge is 0.341 e. The third-order valence-corrected chi connectivity index (χ3v) is 4.00. The lowest BCUT2D eigenvalue weighted by atomic mass is 9.96. The third-order valence-electron chi connectivity index (χ3n) is 4.00. The summed E-state index contributed by atoms with van der Waals surface area (Å²) in [6, 6.07) is -0.0924. The van der Waals surface area contributed by atoms with E-state index in [1.807, 2.05) is 35.8 Å². The Hall–Kier alpha value is -1.62. The first kappa shape index (κ1) is 12.4. The van der Waals surface area contributed by atoms with Crippen LogP contribution in [0.2, 0.25) is 0 Å². The molecule has 1 atom stereocenters. The minimum Gasteiger partial charge on any atom is -0.341 e. The summed E-state index contributed by atoms with van der Waals surface area (Å²) in [4.78, 5) is 18.3. The molecule has 3 heterocycles. The van der Waals surface area contributed by atoms with Gasteiger partial charge in [-0.05, 0) is 18.8 Å². The summed E-state index contributed by atoms with van der Waals surface area (Å²) in [6.07, 6.45) is 11.8. The molecule has 1 aromatic rings. The van der Waals surface area contributed by atoms with E-state index in [-0.39, 0.29) is 11.9 Å². The van der Waals surface area contributed by atoms with Crippen LogP contribution in [0.15, 0.2) is 30.9 Å². The Labute approximate surface area is 113 Å². The van der Waals surface area contributed by atoms with Crippen molar-refractivity contribution in [2.24, 2.45) is 5.92 Å². The van der Waals surface area contributed by atoms with Crippen LogP contribution in [0, 0.1) is 5.92 Å². The standard InChI is InChI=1S/C14H20N4O/c19-14(13-2-1-5-16-13)18-7-3-12(4-8-18)10-17-9-6-15-11-17/h1-2,6,9,11-13,16H,3-5,7-8,10H2/t13-/m0/s1. The number of carbonyl (C=O) groups is 1. The number of carbonyl (C=O) groups excluding carboxylic acids is 1. The average Bonchev–Trinajstić information content (AvgIpc) is 3.12. The SMILES string of the molecule is O=C([C@@H]1C=CCN1)N1CCC(Cn2ccnc2)CC1.